The molecule has 0 fully saturated rings. The molecule has 0 aliphatic carbocycles. The fourth-order valence-electron chi connectivity index (χ4n) is 2.75. The molecule has 4 heteroatoms. The monoisotopic (exact) mass is 366 g/mol. The fourth-order valence-corrected chi connectivity index (χ4v) is 2.75. The van der Waals surface area contributed by atoms with E-state index in [4.69, 9.17) is 4.42 Å². The Balaban J connectivity index is 0.000000336. The molecule has 2 aromatic heterocycles. The summed E-state index contributed by atoms with van der Waals surface area (Å²) >= 11 is 0. The van der Waals surface area contributed by atoms with Crippen molar-refractivity contribution in [3.05, 3.63) is 110 Å². The summed E-state index contributed by atoms with van der Waals surface area (Å²) < 4.78 is 10.4. The Labute approximate surface area is 163 Å². The first-order chi connectivity index (χ1) is 13.9. The van der Waals surface area contributed by atoms with Crippen LogP contribution in [-0.2, 0) is 0 Å². The van der Waals surface area contributed by atoms with Crippen LogP contribution in [0.1, 0.15) is 0 Å². The maximum atomic E-state index is 5.89. The molecular weight excluding hydrogens is 348 g/mol. The molecule has 28 heavy (non-hydrogen) atoms. The quantitative estimate of drug-likeness (QED) is 0.373. The molecule has 0 saturated carbocycles. The molecule has 0 spiro atoms. The Kier molecular flexibility index (Phi) is 5.40. The predicted octanol–water partition coefficient (Wildman–Crippen LogP) is 6.35. The summed E-state index contributed by atoms with van der Waals surface area (Å²) in [6, 6.07) is 28.6. The minimum absolute atomic E-state index is 0.642. The maximum absolute atomic E-state index is 5.89. The van der Waals surface area contributed by atoms with E-state index < -0.39 is 0 Å². The van der Waals surface area contributed by atoms with Gasteiger partial charge >= 0.3 is 0 Å². The van der Waals surface area contributed by atoms with Crippen LogP contribution in [0.4, 0.5) is 0 Å². The molecule has 0 unspecified atom stereocenters. The Morgan fingerprint density at radius 1 is 0.607 bits per heavy atom. The lowest BCUT2D eigenvalue weighted by Gasteiger charge is -2.02. The number of oxazole rings is 2. The highest BCUT2D eigenvalue weighted by Gasteiger charge is 2.08. The SMILES string of the molecule is c1ccc(-c2ccc(-c3ncc(-c4ccccc4)o3)cc2)cc1.c1cocn1. The molecule has 0 saturated heterocycles. The zero-order valence-electron chi connectivity index (χ0n) is 15.1. The summed E-state index contributed by atoms with van der Waals surface area (Å²) in [5, 5.41) is 0. The molecule has 5 rings (SSSR count). The largest absolute Gasteiger partial charge is 0.452 e. The van der Waals surface area contributed by atoms with E-state index in [9.17, 15) is 0 Å². The van der Waals surface area contributed by atoms with E-state index in [1.165, 1.54) is 23.8 Å². The van der Waals surface area contributed by atoms with Crippen LogP contribution < -0.4 is 0 Å². The zero-order valence-corrected chi connectivity index (χ0v) is 15.1. The van der Waals surface area contributed by atoms with Gasteiger partial charge in [0.2, 0.25) is 5.89 Å². The van der Waals surface area contributed by atoms with E-state index in [-0.39, 0.29) is 0 Å². The summed E-state index contributed by atoms with van der Waals surface area (Å²) in [6.45, 7) is 0. The second-order valence-electron chi connectivity index (χ2n) is 6.01. The van der Waals surface area contributed by atoms with Gasteiger partial charge in [0.1, 0.15) is 6.26 Å². The average molecular weight is 366 g/mol. The van der Waals surface area contributed by atoms with Gasteiger partial charge in [-0.25, -0.2) is 9.97 Å². The molecule has 0 N–H and O–H groups in total. The standard InChI is InChI=1S/C21H15NO.C3H3NO/c1-3-7-16(8-4-1)17-11-13-19(14-12-17)21-22-15-20(23-21)18-9-5-2-6-10-18;1-2-5-3-4-1/h1-15H;1-3H. The van der Waals surface area contributed by atoms with Crippen molar-refractivity contribution in [3.63, 3.8) is 0 Å². The predicted molar refractivity (Wildman–Crippen MR) is 109 cm³/mol. The van der Waals surface area contributed by atoms with Crippen molar-refractivity contribution in [3.8, 4) is 33.9 Å². The van der Waals surface area contributed by atoms with Gasteiger partial charge in [0, 0.05) is 11.1 Å². The molecule has 0 aliphatic heterocycles. The van der Waals surface area contributed by atoms with Crippen molar-refractivity contribution in [2.75, 3.05) is 0 Å². The highest BCUT2D eigenvalue weighted by Crippen LogP contribution is 2.27. The smallest absolute Gasteiger partial charge is 0.226 e. The van der Waals surface area contributed by atoms with Gasteiger partial charge in [-0.05, 0) is 23.3 Å². The fraction of sp³-hybridized carbons (Fsp3) is 0. The third kappa shape index (κ3) is 4.24. The first-order valence-corrected chi connectivity index (χ1v) is 8.89. The Bertz CT molecular complexity index is 1070. The molecule has 5 aromatic rings. The first kappa shape index (κ1) is 17.5. The van der Waals surface area contributed by atoms with Crippen molar-refractivity contribution < 1.29 is 8.83 Å². The zero-order chi connectivity index (χ0) is 19.0. The number of benzene rings is 3. The van der Waals surface area contributed by atoms with Gasteiger partial charge < -0.3 is 8.83 Å². The van der Waals surface area contributed by atoms with Crippen molar-refractivity contribution in [2.24, 2.45) is 0 Å². The first-order valence-electron chi connectivity index (χ1n) is 8.89. The average Bonchev–Trinajstić information content (AvgIpc) is 3.51. The molecule has 0 atom stereocenters. The van der Waals surface area contributed by atoms with Crippen LogP contribution in [0, 0.1) is 0 Å². The second kappa shape index (κ2) is 8.64. The number of hydrogen-bond donors (Lipinski definition) is 0. The maximum Gasteiger partial charge on any atom is 0.226 e. The minimum atomic E-state index is 0.642. The highest BCUT2D eigenvalue weighted by molar-refractivity contribution is 5.68. The van der Waals surface area contributed by atoms with Crippen molar-refractivity contribution in [1.82, 2.24) is 9.97 Å². The minimum Gasteiger partial charge on any atom is -0.452 e. The molecular formula is C24H18N2O2. The number of hydrogen-bond acceptors (Lipinski definition) is 4. The Hall–Kier alpha value is -3.92. The van der Waals surface area contributed by atoms with Gasteiger partial charge in [0.05, 0.1) is 12.4 Å². The van der Waals surface area contributed by atoms with Crippen LogP contribution in [0.5, 0.6) is 0 Å². The van der Waals surface area contributed by atoms with E-state index in [1.807, 2.05) is 60.7 Å². The summed E-state index contributed by atoms with van der Waals surface area (Å²) in [7, 11) is 0. The van der Waals surface area contributed by atoms with E-state index >= 15 is 0 Å². The Morgan fingerprint density at radius 3 is 1.79 bits per heavy atom. The summed E-state index contributed by atoms with van der Waals surface area (Å²) in [5.74, 6) is 1.43. The molecule has 0 aliphatic rings. The van der Waals surface area contributed by atoms with Crippen molar-refractivity contribution in [2.45, 2.75) is 0 Å². The summed E-state index contributed by atoms with van der Waals surface area (Å²) in [5.41, 5.74) is 4.40. The summed E-state index contributed by atoms with van der Waals surface area (Å²) in [4.78, 5) is 7.95. The van der Waals surface area contributed by atoms with Gasteiger partial charge in [0.25, 0.3) is 0 Å². The molecule has 136 valence electrons. The van der Waals surface area contributed by atoms with E-state index in [0.717, 1.165) is 16.9 Å². The lowest BCUT2D eigenvalue weighted by molar-refractivity contribution is 0.558. The molecule has 2 heterocycles. The van der Waals surface area contributed by atoms with Crippen molar-refractivity contribution >= 4 is 0 Å². The lowest BCUT2D eigenvalue weighted by Crippen LogP contribution is -1.79. The van der Waals surface area contributed by atoms with Gasteiger partial charge in [-0.1, -0.05) is 72.8 Å². The van der Waals surface area contributed by atoms with Crippen LogP contribution in [0.3, 0.4) is 0 Å². The van der Waals surface area contributed by atoms with Crippen LogP contribution in [0.25, 0.3) is 33.9 Å². The van der Waals surface area contributed by atoms with Gasteiger partial charge in [-0.15, -0.1) is 0 Å². The van der Waals surface area contributed by atoms with Crippen LogP contribution in [-0.4, -0.2) is 9.97 Å². The molecule has 0 amide bonds. The van der Waals surface area contributed by atoms with Gasteiger partial charge in [0.15, 0.2) is 12.2 Å². The second-order valence-corrected chi connectivity index (χ2v) is 6.01. The van der Waals surface area contributed by atoms with Crippen molar-refractivity contribution in [1.29, 1.82) is 0 Å². The van der Waals surface area contributed by atoms with E-state index in [2.05, 4.69) is 38.7 Å². The molecule has 3 aromatic carbocycles. The lowest BCUT2D eigenvalue weighted by atomic mass is 10.0. The van der Waals surface area contributed by atoms with Crippen LogP contribution in [0.2, 0.25) is 0 Å². The van der Waals surface area contributed by atoms with Crippen LogP contribution >= 0.6 is 0 Å². The Morgan fingerprint density at radius 2 is 1.21 bits per heavy atom. The normalized spacial score (nSPS) is 10.1. The van der Waals surface area contributed by atoms with E-state index in [0.29, 0.717) is 5.89 Å². The van der Waals surface area contributed by atoms with Crippen LogP contribution in [0.15, 0.2) is 119 Å². The molecule has 0 radical (unpaired) electrons. The third-order valence-electron chi connectivity index (χ3n) is 4.15. The van der Waals surface area contributed by atoms with E-state index in [1.54, 1.807) is 12.4 Å². The summed E-state index contributed by atoms with van der Waals surface area (Å²) in [6.07, 6.45) is 6.25. The van der Waals surface area contributed by atoms with Gasteiger partial charge in [-0.3, -0.25) is 0 Å². The van der Waals surface area contributed by atoms with Gasteiger partial charge in [-0.2, -0.15) is 0 Å². The molecule has 4 nitrogen and oxygen atoms in total. The number of rotatable bonds is 3. The third-order valence-corrected chi connectivity index (χ3v) is 4.15. The molecule has 0 bridgehead atoms. The number of nitrogens with zero attached hydrogens (tertiary/aromatic N) is 2. The topological polar surface area (TPSA) is 52.1 Å². The highest BCUT2D eigenvalue weighted by atomic mass is 16.4. The number of aromatic nitrogens is 2.